The molecule has 0 atom stereocenters. The molecule has 0 aromatic heterocycles. The Morgan fingerprint density at radius 3 is 2.58 bits per heavy atom. The van der Waals surface area contributed by atoms with Crippen molar-refractivity contribution in [2.75, 3.05) is 5.32 Å². The summed E-state index contributed by atoms with van der Waals surface area (Å²) in [5.74, 6) is -0.148. The normalized spacial score (nSPS) is 22.5. The average Bonchev–Trinajstić information content (AvgIpc) is 2.39. The van der Waals surface area contributed by atoms with Crippen molar-refractivity contribution in [1.82, 2.24) is 0 Å². The number of hydrogen-bond acceptors (Lipinski definition) is 3. The van der Waals surface area contributed by atoms with Crippen LogP contribution in [0, 0.1) is 17.2 Å². The molecule has 0 radical (unpaired) electrons. The number of hydrogen-bond donors (Lipinski definition) is 2. The van der Waals surface area contributed by atoms with E-state index in [4.69, 9.17) is 11.0 Å². The Morgan fingerprint density at radius 2 is 2.05 bits per heavy atom. The average molecular weight is 322 g/mol. The number of nitrogens with zero attached hydrogens (tertiary/aromatic N) is 1. The van der Waals surface area contributed by atoms with Crippen molar-refractivity contribution in [1.29, 1.82) is 5.26 Å². The molecule has 2 rings (SSSR count). The van der Waals surface area contributed by atoms with E-state index in [1.165, 1.54) is 0 Å². The Hall–Kier alpha value is -1.54. The highest BCUT2D eigenvalue weighted by Crippen LogP contribution is 2.28. The third-order valence-electron chi connectivity index (χ3n) is 3.59. The zero-order valence-corrected chi connectivity index (χ0v) is 12.1. The summed E-state index contributed by atoms with van der Waals surface area (Å²) >= 11 is 3.38. The predicted molar refractivity (Wildman–Crippen MR) is 77.4 cm³/mol. The van der Waals surface area contributed by atoms with E-state index in [1.54, 1.807) is 6.07 Å². The van der Waals surface area contributed by atoms with Crippen LogP contribution in [0.15, 0.2) is 22.7 Å². The summed E-state index contributed by atoms with van der Waals surface area (Å²) in [5, 5.41) is 12.3. The van der Waals surface area contributed by atoms with E-state index in [2.05, 4.69) is 27.3 Å². The number of nitrogens with one attached hydrogen (secondary N) is 1. The van der Waals surface area contributed by atoms with Crippen LogP contribution in [-0.4, -0.2) is 11.9 Å². The molecule has 3 N–H and O–H groups in total. The molecule has 1 fully saturated rings. The minimum atomic E-state index is -0.181. The molecule has 5 heteroatoms. The highest BCUT2D eigenvalue weighted by molar-refractivity contribution is 9.10. The van der Waals surface area contributed by atoms with Crippen molar-refractivity contribution in [2.24, 2.45) is 11.7 Å². The molecule has 0 unspecified atom stereocenters. The summed E-state index contributed by atoms with van der Waals surface area (Å²) in [6, 6.07) is 8.10. The third kappa shape index (κ3) is 3.48. The van der Waals surface area contributed by atoms with Crippen LogP contribution in [-0.2, 0) is 4.79 Å². The van der Waals surface area contributed by atoms with Crippen LogP contribution in [0.25, 0.3) is 0 Å². The molecular formula is C14H16BrN3O. The van der Waals surface area contributed by atoms with Gasteiger partial charge in [-0.15, -0.1) is 0 Å². The summed E-state index contributed by atoms with van der Waals surface area (Å²) in [4.78, 5) is 11.1. The van der Waals surface area contributed by atoms with Gasteiger partial charge in [0.05, 0.1) is 5.56 Å². The van der Waals surface area contributed by atoms with Gasteiger partial charge in [-0.1, -0.05) is 0 Å². The zero-order chi connectivity index (χ0) is 13.8. The summed E-state index contributed by atoms with van der Waals surface area (Å²) in [6.45, 7) is 0. The van der Waals surface area contributed by atoms with E-state index in [9.17, 15) is 4.79 Å². The van der Waals surface area contributed by atoms with E-state index in [1.807, 2.05) is 12.1 Å². The molecular weight excluding hydrogens is 306 g/mol. The van der Waals surface area contributed by atoms with Gasteiger partial charge in [0.25, 0.3) is 0 Å². The number of carbonyl (C=O) groups is 1. The fraction of sp³-hybridized carbons (Fsp3) is 0.429. The summed E-state index contributed by atoms with van der Waals surface area (Å²) < 4.78 is 0.797. The molecule has 0 spiro atoms. The molecule has 1 aliphatic carbocycles. The first kappa shape index (κ1) is 13.9. The van der Waals surface area contributed by atoms with Gasteiger partial charge in [-0.2, -0.15) is 5.26 Å². The van der Waals surface area contributed by atoms with E-state index < -0.39 is 0 Å². The Balaban J connectivity index is 1.94. The Kier molecular flexibility index (Phi) is 4.43. The number of amides is 1. The number of anilines is 1. The van der Waals surface area contributed by atoms with Gasteiger partial charge in [0, 0.05) is 22.1 Å². The lowest BCUT2D eigenvalue weighted by atomic mass is 9.85. The maximum atomic E-state index is 11.1. The molecule has 1 saturated carbocycles. The number of carbonyl (C=O) groups excluding carboxylic acids is 1. The maximum absolute atomic E-state index is 11.1. The SMILES string of the molecule is N#Cc1ccc(NC2CCC(C(N)=O)CC2)cc1Br. The smallest absolute Gasteiger partial charge is 0.220 e. The van der Waals surface area contributed by atoms with Crippen molar-refractivity contribution < 1.29 is 4.79 Å². The molecule has 0 heterocycles. The van der Waals surface area contributed by atoms with E-state index in [-0.39, 0.29) is 11.8 Å². The highest BCUT2D eigenvalue weighted by Gasteiger charge is 2.24. The van der Waals surface area contributed by atoms with Crippen LogP contribution in [0.5, 0.6) is 0 Å². The molecule has 0 saturated heterocycles. The van der Waals surface area contributed by atoms with Gasteiger partial charge in [0.2, 0.25) is 5.91 Å². The molecule has 1 amide bonds. The molecule has 19 heavy (non-hydrogen) atoms. The molecule has 1 aromatic rings. The van der Waals surface area contributed by atoms with Crippen LogP contribution in [0.4, 0.5) is 5.69 Å². The third-order valence-corrected chi connectivity index (χ3v) is 4.25. The van der Waals surface area contributed by atoms with E-state index in [0.717, 1.165) is 35.8 Å². The first-order valence-electron chi connectivity index (χ1n) is 6.35. The van der Waals surface area contributed by atoms with Crippen molar-refractivity contribution in [3.8, 4) is 6.07 Å². The van der Waals surface area contributed by atoms with Crippen molar-refractivity contribution in [3.05, 3.63) is 28.2 Å². The molecule has 1 aliphatic rings. The maximum Gasteiger partial charge on any atom is 0.220 e. The predicted octanol–water partition coefficient (Wildman–Crippen LogP) is 2.78. The quantitative estimate of drug-likeness (QED) is 0.898. The summed E-state index contributed by atoms with van der Waals surface area (Å²) in [5.41, 5.74) is 6.94. The minimum absolute atomic E-state index is 0.0331. The van der Waals surface area contributed by atoms with Gasteiger partial charge in [-0.05, 0) is 59.8 Å². The van der Waals surface area contributed by atoms with Crippen LogP contribution in [0.3, 0.4) is 0 Å². The standard InChI is InChI=1S/C14H16BrN3O/c15-13-7-12(6-3-10(13)8-16)18-11-4-1-9(2-5-11)14(17)19/h3,6-7,9,11,18H,1-2,4-5H2,(H2,17,19). The second-order valence-corrected chi connectivity index (χ2v) is 5.76. The lowest BCUT2D eigenvalue weighted by Gasteiger charge is -2.28. The first-order chi connectivity index (χ1) is 9.10. The molecule has 100 valence electrons. The highest BCUT2D eigenvalue weighted by atomic mass is 79.9. The van der Waals surface area contributed by atoms with Crippen molar-refractivity contribution >= 4 is 27.5 Å². The van der Waals surface area contributed by atoms with Crippen LogP contribution >= 0.6 is 15.9 Å². The lowest BCUT2D eigenvalue weighted by molar-refractivity contribution is -0.122. The Labute approximate surface area is 121 Å². The van der Waals surface area contributed by atoms with Gasteiger partial charge in [-0.25, -0.2) is 0 Å². The Morgan fingerprint density at radius 1 is 1.37 bits per heavy atom. The summed E-state index contributed by atoms with van der Waals surface area (Å²) in [6.07, 6.45) is 3.60. The minimum Gasteiger partial charge on any atom is -0.382 e. The first-order valence-corrected chi connectivity index (χ1v) is 7.15. The largest absolute Gasteiger partial charge is 0.382 e. The lowest BCUT2D eigenvalue weighted by Crippen LogP contribution is -2.32. The number of primary amides is 1. The van der Waals surface area contributed by atoms with E-state index >= 15 is 0 Å². The fourth-order valence-electron chi connectivity index (χ4n) is 2.45. The number of rotatable bonds is 3. The number of nitrogens with two attached hydrogens (primary N) is 1. The van der Waals surface area contributed by atoms with Crippen molar-refractivity contribution in [3.63, 3.8) is 0 Å². The summed E-state index contributed by atoms with van der Waals surface area (Å²) in [7, 11) is 0. The van der Waals surface area contributed by atoms with Gasteiger partial charge >= 0.3 is 0 Å². The number of benzene rings is 1. The Bertz CT molecular complexity index is 516. The van der Waals surface area contributed by atoms with Gasteiger partial charge < -0.3 is 11.1 Å². The molecule has 4 nitrogen and oxygen atoms in total. The van der Waals surface area contributed by atoms with Gasteiger partial charge in [0.15, 0.2) is 0 Å². The topological polar surface area (TPSA) is 78.9 Å². The van der Waals surface area contributed by atoms with Crippen LogP contribution in [0.2, 0.25) is 0 Å². The second-order valence-electron chi connectivity index (χ2n) is 4.90. The number of halogens is 1. The van der Waals surface area contributed by atoms with Crippen molar-refractivity contribution in [2.45, 2.75) is 31.7 Å². The van der Waals surface area contributed by atoms with Crippen LogP contribution in [0.1, 0.15) is 31.2 Å². The molecule has 1 aromatic carbocycles. The fourth-order valence-corrected chi connectivity index (χ4v) is 2.92. The molecule has 0 bridgehead atoms. The second kappa shape index (κ2) is 6.07. The van der Waals surface area contributed by atoms with Gasteiger partial charge in [-0.3, -0.25) is 4.79 Å². The molecule has 0 aliphatic heterocycles. The zero-order valence-electron chi connectivity index (χ0n) is 10.5. The van der Waals surface area contributed by atoms with Gasteiger partial charge in [0.1, 0.15) is 6.07 Å². The van der Waals surface area contributed by atoms with Crippen LogP contribution < -0.4 is 11.1 Å². The number of nitriles is 1. The van der Waals surface area contributed by atoms with E-state index in [0.29, 0.717) is 11.6 Å². The monoisotopic (exact) mass is 321 g/mol.